The summed E-state index contributed by atoms with van der Waals surface area (Å²) < 4.78 is 4.62. The van der Waals surface area contributed by atoms with Crippen molar-refractivity contribution in [2.45, 2.75) is 10.9 Å². The zero-order valence-electron chi connectivity index (χ0n) is 10.3. The van der Waals surface area contributed by atoms with E-state index in [0.717, 1.165) is 5.56 Å². The van der Waals surface area contributed by atoms with Crippen LogP contribution in [0.5, 0.6) is 0 Å². The molecule has 0 amide bonds. The first-order valence-electron chi connectivity index (χ1n) is 5.54. The second-order valence-electron chi connectivity index (χ2n) is 3.72. The molecule has 0 radical (unpaired) electrons. The largest absolute Gasteiger partial charge is 0.465 e. The molecule has 0 saturated heterocycles. The van der Waals surface area contributed by atoms with E-state index >= 15 is 0 Å². The molecule has 2 aromatic rings. The number of nitrogens with zero attached hydrogens (tertiary/aromatic N) is 1. The number of rotatable bonds is 4. The lowest BCUT2D eigenvalue weighted by atomic mass is 10.1. The van der Waals surface area contributed by atoms with Gasteiger partial charge >= 0.3 is 5.97 Å². The number of carbonyl (C=O) groups excluding carboxylic acids is 1. The summed E-state index contributed by atoms with van der Waals surface area (Å²) in [5, 5.41) is 0.574. The number of benzene rings is 1. The normalized spacial score (nSPS) is 10.2. The quantitative estimate of drug-likeness (QED) is 0.524. The fraction of sp³-hybridized carbons (Fsp3) is 0.154. The average Bonchev–Trinajstić information content (AvgIpc) is 2.45. The predicted octanol–water partition coefficient (Wildman–Crippen LogP) is 1.85. The molecule has 0 unspecified atom stereocenters. The molecule has 0 spiro atoms. The van der Waals surface area contributed by atoms with Crippen LogP contribution in [0, 0.1) is 0 Å². The summed E-state index contributed by atoms with van der Waals surface area (Å²) in [7, 11) is 1.35. The molecule has 6 heteroatoms. The smallest absolute Gasteiger partial charge is 0.337 e. The van der Waals surface area contributed by atoms with E-state index in [-0.39, 0.29) is 11.5 Å². The Balaban J connectivity index is 2.00. The molecule has 1 aromatic heterocycles. The molecule has 0 bridgehead atoms. The van der Waals surface area contributed by atoms with Crippen molar-refractivity contribution in [2.75, 3.05) is 7.11 Å². The number of aromatic nitrogens is 2. The van der Waals surface area contributed by atoms with Crippen molar-refractivity contribution in [3.63, 3.8) is 0 Å². The molecule has 0 atom stereocenters. The summed E-state index contributed by atoms with van der Waals surface area (Å²) >= 11 is 1.42. The highest BCUT2D eigenvalue weighted by Gasteiger charge is 2.04. The van der Waals surface area contributed by atoms with Crippen LogP contribution in [-0.4, -0.2) is 23.0 Å². The van der Waals surface area contributed by atoms with Crippen molar-refractivity contribution in [2.24, 2.45) is 0 Å². The Hall–Kier alpha value is -2.08. The Kier molecular flexibility index (Phi) is 4.35. The van der Waals surface area contributed by atoms with Crippen LogP contribution in [0.2, 0.25) is 0 Å². The predicted molar refractivity (Wildman–Crippen MR) is 72.2 cm³/mol. The summed E-state index contributed by atoms with van der Waals surface area (Å²) in [6.45, 7) is 0. The zero-order chi connectivity index (χ0) is 13.7. The van der Waals surface area contributed by atoms with E-state index in [1.165, 1.54) is 31.1 Å². The first-order valence-corrected chi connectivity index (χ1v) is 6.53. The molecule has 5 nitrogen and oxygen atoms in total. The maximum absolute atomic E-state index is 11.3. The molecule has 0 aliphatic heterocycles. The van der Waals surface area contributed by atoms with Crippen LogP contribution in [0.1, 0.15) is 15.9 Å². The van der Waals surface area contributed by atoms with Crippen molar-refractivity contribution in [1.82, 2.24) is 9.97 Å². The Morgan fingerprint density at radius 3 is 2.68 bits per heavy atom. The van der Waals surface area contributed by atoms with Crippen LogP contribution in [0.15, 0.2) is 46.5 Å². The summed E-state index contributed by atoms with van der Waals surface area (Å²) in [5.41, 5.74) is 1.38. The lowest BCUT2D eigenvalue weighted by molar-refractivity contribution is 0.0600. The van der Waals surface area contributed by atoms with E-state index in [0.29, 0.717) is 16.5 Å². The van der Waals surface area contributed by atoms with E-state index in [4.69, 9.17) is 0 Å². The third-order valence-corrected chi connectivity index (χ3v) is 3.36. The van der Waals surface area contributed by atoms with Crippen molar-refractivity contribution >= 4 is 17.7 Å². The number of carbonyl (C=O) groups is 1. The van der Waals surface area contributed by atoms with Gasteiger partial charge in [-0.25, -0.2) is 9.78 Å². The van der Waals surface area contributed by atoms with Crippen molar-refractivity contribution in [3.05, 3.63) is 58.0 Å². The second-order valence-corrected chi connectivity index (χ2v) is 4.68. The van der Waals surface area contributed by atoms with E-state index in [2.05, 4.69) is 14.7 Å². The Morgan fingerprint density at radius 2 is 2.05 bits per heavy atom. The Morgan fingerprint density at radius 1 is 1.32 bits per heavy atom. The molecule has 0 fully saturated rings. The number of nitrogens with one attached hydrogen (secondary N) is 1. The number of thioether (sulfide) groups is 1. The van der Waals surface area contributed by atoms with Gasteiger partial charge in [0.15, 0.2) is 5.16 Å². The number of aromatic amines is 1. The Bertz CT molecular complexity index is 622. The summed E-state index contributed by atoms with van der Waals surface area (Å²) in [6.07, 6.45) is 1.47. The number of esters is 1. The highest BCUT2D eigenvalue weighted by atomic mass is 32.2. The van der Waals surface area contributed by atoms with E-state index < -0.39 is 0 Å². The van der Waals surface area contributed by atoms with Gasteiger partial charge in [-0.15, -0.1) is 0 Å². The van der Waals surface area contributed by atoms with Crippen LogP contribution in [-0.2, 0) is 10.5 Å². The van der Waals surface area contributed by atoms with Gasteiger partial charge in [0.2, 0.25) is 0 Å². The minimum Gasteiger partial charge on any atom is -0.465 e. The number of hydrogen-bond donors (Lipinski definition) is 1. The van der Waals surface area contributed by atoms with Gasteiger partial charge in [-0.05, 0) is 17.7 Å². The monoisotopic (exact) mass is 276 g/mol. The Labute approximate surface area is 114 Å². The zero-order valence-corrected chi connectivity index (χ0v) is 11.1. The lowest BCUT2D eigenvalue weighted by Crippen LogP contribution is -2.05. The maximum atomic E-state index is 11.3. The van der Waals surface area contributed by atoms with Crippen molar-refractivity contribution in [1.29, 1.82) is 0 Å². The molecule has 1 aromatic carbocycles. The van der Waals surface area contributed by atoms with Gasteiger partial charge in [-0.2, -0.15) is 0 Å². The molecule has 1 heterocycles. The van der Waals surface area contributed by atoms with Gasteiger partial charge in [0.25, 0.3) is 5.56 Å². The third kappa shape index (κ3) is 3.69. The fourth-order valence-corrected chi connectivity index (χ4v) is 2.24. The SMILES string of the molecule is COC(=O)c1ccc(CSc2nccc(=O)[nH]2)cc1. The van der Waals surface area contributed by atoms with Crippen LogP contribution in [0.25, 0.3) is 0 Å². The average molecular weight is 276 g/mol. The first kappa shape index (κ1) is 13.4. The number of methoxy groups -OCH3 is 1. The molecular formula is C13H12N2O3S. The van der Waals surface area contributed by atoms with Crippen molar-refractivity contribution < 1.29 is 9.53 Å². The number of hydrogen-bond acceptors (Lipinski definition) is 5. The summed E-state index contributed by atoms with van der Waals surface area (Å²) in [6, 6.07) is 8.49. The van der Waals surface area contributed by atoms with E-state index in [1.54, 1.807) is 12.1 Å². The summed E-state index contributed by atoms with van der Waals surface area (Å²) in [5.74, 6) is 0.308. The maximum Gasteiger partial charge on any atom is 0.337 e. The van der Waals surface area contributed by atoms with Gasteiger partial charge in [0.05, 0.1) is 12.7 Å². The molecule has 0 aliphatic carbocycles. The van der Waals surface area contributed by atoms with E-state index in [1.807, 2.05) is 12.1 Å². The molecule has 0 saturated carbocycles. The van der Waals surface area contributed by atoms with Crippen LogP contribution in [0.4, 0.5) is 0 Å². The minimum absolute atomic E-state index is 0.168. The number of H-pyrrole nitrogens is 1. The molecule has 1 N–H and O–H groups in total. The molecule has 98 valence electrons. The summed E-state index contributed by atoms with van der Waals surface area (Å²) in [4.78, 5) is 29.0. The van der Waals surface area contributed by atoms with Gasteiger partial charge in [0, 0.05) is 18.0 Å². The highest BCUT2D eigenvalue weighted by molar-refractivity contribution is 7.98. The van der Waals surface area contributed by atoms with E-state index in [9.17, 15) is 9.59 Å². The highest BCUT2D eigenvalue weighted by Crippen LogP contribution is 2.18. The van der Waals surface area contributed by atoms with Crippen molar-refractivity contribution in [3.8, 4) is 0 Å². The van der Waals surface area contributed by atoms with Gasteiger partial charge in [-0.1, -0.05) is 23.9 Å². The lowest BCUT2D eigenvalue weighted by Gasteiger charge is -2.02. The number of ether oxygens (including phenoxy) is 1. The molecular weight excluding hydrogens is 264 g/mol. The molecule has 19 heavy (non-hydrogen) atoms. The molecule has 2 rings (SSSR count). The van der Waals surface area contributed by atoms with Gasteiger partial charge in [-0.3, -0.25) is 4.79 Å². The van der Waals surface area contributed by atoms with Crippen LogP contribution < -0.4 is 5.56 Å². The topological polar surface area (TPSA) is 72.0 Å². The second kappa shape index (κ2) is 6.19. The van der Waals surface area contributed by atoms with Crippen LogP contribution >= 0.6 is 11.8 Å². The molecule has 0 aliphatic rings. The first-order chi connectivity index (χ1) is 9.19. The third-order valence-electron chi connectivity index (χ3n) is 2.40. The fourth-order valence-electron chi connectivity index (χ4n) is 1.43. The standard InChI is InChI=1S/C13H12N2O3S/c1-18-12(17)10-4-2-9(3-5-10)8-19-13-14-7-6-11(16)15-13/h2-7H,8H2,1H3,(H,14,15,16). The van der Waals surface area contributed by atoms with Gasteiger partial charge in [0.1, 0.15) is 0 Å². The minimum atomic E-state index is -0.353. The van der Waals surface area contributed by atoms with Gasteiger partial charge < -0.3 is 9.72 Å². The van der Waals surface area contributed by atoms with Crippen LogP contribution in [0.3, 0.4) is 0 Å².